The minimum atomic E-state index is -0.514. The monoisotopic (exact) mass is 264 g/mol. The van der Waals surface area contributed by atoms with E-state index in [1.165, 1.54) is 5.56 Å². The summed E-state index contributed by atoms with van der Waals surface area (Å²) >= 11 is 0. The maximum atomic E-state index is 10.0. The molecule has 0 radical (unpaired) electrons. The van der Waals surface area contributed by atoms with E-state index in [0.29, 0.717) is 18.4 Å². The van der Waals surface area contributed by atoms with Crippen LogP contribution in [0, 0.1) is 11.8 Å². The van der Waals surface area contributed by atoms with Crippen LogP contribution in [0.5, 0.6) is 0 Å². The van der Waals surface area contributed by atoms with E-state index in [4.69, 9.17) is 4.74 Å². The van der Waals surface area contributed by atoms with Gasteiger partial charge in [0.25, 0.3) is 0 Å². The number of aliphatic hydroxyl groups excluding tert-OH is 1. The van der Waals surface area contributed by atoms with Gasteiger partial charge in [0.15, 0.2) is 0 Å². The Morgan fingerprint density at radius 1 is 1.00 bits per heavy atom. The van der Waals surface area contributed by atoms with Crippen molar-refractivity contribution in [1.29, 1.82) is 0 Å². The van der Waals surface area contributed by atoms with Crippen LogP contribution in [0.2, 0.25) is 0 Å². The van der Waals surface area contributed by atoms with Crippen LogP contribution in [0.3, 0.4) is 0 Å². The first-order chi connectivity index (χ1) is 8.99. The first-order valence-corrected chi connectivity index (χ1v) is 7.33. The van der Waals surface area contributed by atoms with Gasteiger partial charge in [-0.3, -0.25) is 0 Å². The molecule has 1 atom stereocenters. The lowest BCUT2D eigenvalue weighted by atomic mass is 10.0. The molecule has 1 aromatic carbocycles. The summed E-state index contributed by atoms with van der Waals surface area (Å²) in [6.07, 6.45) is 1.61. The van der Waals surface area contributed by atoms with Crippen molar-refractivity contribution in [2.45, 2.75) is 46.6 Å². The van der Waals surface area contributed by atoms with Crippen LogP contribution in [-0.4, -0.2) is 18.3 Å². The summed E-state index contributed by atoms with van der Waals surface area (Å²) in [7, 11) is 0. The van der Waals surface area contributed by atoms with E-state index < -0.39 is 6.10 Å². The van der Waals surface area contributed by atoms with E-state index >= 15 is 0 Å². The SMILES string of the molecule is CC(C)CCOCC(O)c1ccc(CC(C)C)cc1. The molecule has 108 valence electrons. The summed E-state index contributed by atoms with van der Waals surface area (Å²) in [6, 6.07) is 8.22. The van der Waals surface area contributed by atoms with Gasteiger partial charge in [0.2, 0.25) is 0 Å². The number of hydrogen-bond acceptors (Lipinski definition) is 2. The molecule has 0 aliphatic rings. The zero-order chi connectivity index (χ0) is 14.3. The summed E-state index contributed by atoms with van der Waals surface area (Å²) in [5.74, 6) is 1.31. The standard InChI is InChI=1S/C17H28O2/c1-13(2)9-10-19-12-17(18)16-7-5-15(6-8-16)11-14(3)4/h5-8,13-14,17-18H,9-12H2,1-4H3. The molecule has 0 heterocycles. The van der Waals surface area contributed by atoms with Gasteiger partial charge in [0.1, 0.15) is 6.10 Å². The van der Waals surface area contributed by atoms with Crippen LogP contribution in [-0.2, 0) is 11.2 Å². The van der Waals surface area contributed by atoms with E-state index in [1.807, 2.05) is 12.1 Å². The minimum Gasteiger partial charge on any atom is -0.386 e. The first kappa shape index (κ1) is 16.2. The number of ether oxygens (including phenoxy) is 1. The highest BCUT2D eigenvalue weighted by Gasteiger charge is 2.08. The third-order valence-electron chi connectivity index (χ3n) is 3.12. The predicted octanol–water partition coefficient (Wildman–Crippen LogP) is 3.98. The molecule has 0 aliphatic heterocycles. The van der Waals surface area contributed by atoms with Gasteiger partial charge in [-0.1, -0.05) is 52.0 Å². The molecule has 0 saturated heterocycles. The Morgan fingerprint density at radius 2 is 1.63 bits per heavy atom. The van der Waals surface area contributed by atoms with Crippen LogP contribution in [0.15, 0.2) is 24.3 Å². The Hall–Kier alpha value is -0.860. The molecule has 0 saturated carbocycles. The van der Waals surface area contributed by atoms with Crippen molar-refractivity contribution in [2.75, 3.05) is 13.2 Å². The highest BCUT2D eigenvalue weighted by Crippen LogP contribution is 2.16. The first-order valence-electron chi connectivity index (χ1n) is 7.33. The highest BCUT2D eigenvalue weighted by molar-refractivity contribution is 5.24. The Bertz CT molecular complexity index is 341. The van der Waals surface area contributed by atoms with Gasteiger partial charge in [-0.25, -0.2) is 0 Å². The molecule has 2 heteroatoms. The Morgan fingerprint density at radius 3 is 2.16 bits per heavy atom. The van der Waals surface area contributed by atoms with Crippen molar-refractivity contribution in [1.82, 2.24) is 0 Å². The third-order valence-corrected chi connectivity index (χ3v) is 3.12. The van der Waals surface area contributed by atoms with E-state index in [2.05, 4.69) is 39.8 Å². The topological polar surface area (TPSA) is 29.5 Å². The molecule has 0 amide bonds. The number of rotatable bonds is 8. The Kier molecular flexibility index (Phi) is 7.11. The molecule has 0 fully saturated rings. The van der Waals surface area contributed by atoms with Gasteiger partial charge in [0.05, 0.1) is 6.61 Å². The maximum Gasteiger partial charge on any atom is 0.102 e. The van der Waals surface area contributed by atoms with Crippen LogP contribution in [0.4, 0.5) is 0 Å². The lowest BCUT2D eigenvalue weighted by Gasteiger charge is -2.13. The van der Waals surface area contributed by atoms with Gasteiger partial charge in [-0.05, 0) is 35.8 Å². The summed E-state index contributed by atoms with van der Waals surface area (Å²) in [6.45, 7) is 9.88. The molecule has 1 rings (SSSR count). The molecule has 0 spiro atoms. The van der Waals surface area contributed by atoms with Crippen LogP contribution < -0.4 is 0 Å². The molecule has 1 aromatic rings. The van der Waals surface area contributed by atoms with Gasteiger partial charge < -0.3 is 9.84 Å². The van der Waals surface area contributed by atoms with Gasteiger partial charge in [-0.2, -0.15) is 0 Å². The Labute approximate surface area is 117 Å². The van der Waals surface area contributed by atoms with E-state index in [-0.39, 0.29) is 0 Å². The van der Waals surface area contributed by atoms with Gasteiger partial charge in [-0.15, -0.1) is 0 Å². The summed E-state index contributed by atoms with van der Waals surface area (Å²) < 4.78 is 5.51. The fraction of sp³-hybridized carbons (Fsp3) is 0.647. The zero-order valence-corrected chi connectivity index (χ0v) is 12.7. The normalized spacial score (nSPS) is 13.2. The van der Waals surface area contributed by atoms with Crippen molar-refractivity contribution in [3.8, 4) is 0 Å². The van der Waals surface area contributed by atoms with Gasteiger partial charge in [0, 0.05) is 6.61 Å². The number of aliphatic hydroxyl groups is 1. The number of benzene rings is 1. The fourth-order valence-corrected chi connectivity index (χ4v) is 1.96. The van der Waals surface area contributed by atoms with Crippen molar-refractivity contribution >= 4 is 0 Å². The van der Waals surface area contributed by atoms with Crippen LogP contribution in [0.1, 0.15) is 51.3 Å². The molecule has 1 N–H and O–H groups in total. The summed E-state index contributed by atoms with van der Waals surface area (Å²) in [5, 5.41) is 10.0. The smallest absolute Gasteiger partial charge is 0.102 e. The van der Waals surface area contributed by atoms with Crippen molar-refractivity contribution in [3.63, 3.8) is 0 Å². The largest absolute Gasteiger partial charge is 0.386 e. The molecular weight excluding hydrogens is 236 g/mol. The molecule has 2 nitrogen and oxygen atoms in total. The van der Waals surface area contributed by atoms with Crippen molar-refractivity contribution in [2.24, 2.45) is 11.8 Å². The average Bonchev–Trinajstić information content (AvgIpc) is 2.34. The van der Waals surface area contributed by atoms with E-state index in [9.17, 15) is 5.11 Å². The molecule has 1 unspecified atom stereocenters. The fourth-order valence-electron chi connectivity index (χ4n) is 1.96. The lowest BCUT2D eigenvalue weighted by Crippen LogP contribution is -2.09. The predicted molar refractivity (Wildman–Crippen MR) is 80.2 cm³/mol. The Balaban J connectivity index is 2.37. The minimum absolute atomic E-state index is 0.385. The quantitative estimate of drug-likeness (QED) is 0.720. The molecule has 19 heavy (non-hydrogen) atoms. The summed E-state index contributed by atoms with van der Waals surface area (Å²) in [5.41, 5.74) is 2.27. The van der Waals surface area contributed by atoms with E-state index in [0.717, 1.165) is 25.0 Å². The van der Waals surface area contributed by atoms with Crippen LogP contribution in [0.25, 0.3) is 0 Å². The molecule has 0 bridgehead atoms. The maximum absolute atomic E-state index is 10.0. The third kappa shape index (κ3) is 6.74. The lowest BCUT2D eigenvalue weighted by molar-refractivity contribution is 0.0319. The zero-order valence-electron chi connectivity index (χ0n) is 12.7. The molecular formula is C17H28O2. The molecule has 0 aromatic heterocycles. The van der Waals surface area contributed by atoms with Crippen LogP contribution >= 0.6 is 0 Å². The molecule has 0 aliphatic carbocycles. The number of hydrogen-bond donors (Lipinski definition) is 1. The van der Waals surface area contributed by atoms with Crippen molar-refractivity contribution < 1.29 is 9.84 Å². The van der Waals surface area contributed by atoms with E-state index in [1.54, 1.807) is 0 Å². The second-order valence-corrected chi connectivity index (χ2v) is 6.11. The second-order valence-electron chi connectivity index (χ2n) is 6.11. The van der Waals surface area contributed by atoms with Gasteiger partial charge >= 0.3 is 0 Å². The van der Waals surface area contributed by atoms with Crippen molar-refractivity contribution in [3.05, 3.63) is 35.4 Å². The highest BCUT2D eigenvalue weighted by atomic mass is 16.5. The average molecular weight is 264 g/mol. The summed E-state index contributed by atoms with van der Waals surface area (Å²) in [4.78, 5) is 0. The second kappa shape index (κ2) is 8.34.